The first kappa shape index (κ1) is 15.1. The van der Waals surface area contributed by atoms with Gasteiger partial charge in [0.1, 0.15) is 17.1 Å². The van der Waals surface area contributed by atoms with E-state index in [2.05, 4.69) is 15.9 Å². The number of ether oxygens (including phenoxy) is 1. The van der Waals surface area contributed by atoms with Crippen LogP contribution in [0.25, 0.3) is 0 Å². The molecule has 0 fully saturated rings. The molecule has 1 aliphatic carbocycles. The van der Waals surface area contributed by atoms with Crippen molar-refractivity contribution in [2.24, 2.45) is 11.5 Å². The topological polar surface area (TPSA) is 61.3 Å². The molecule has 0 aliphatic heterocycles. The van der Waals surface area contributed by atoms with E-state index in [1.54, 1.807) is 0 Å². The standard InChI is InChI=1S/C13H12BrF3N2O/c1-20-10-5-9(16)11(17)13(19,12(10)18)7-3-2-6(14)4-8(7)15/h2-5,12H,18-19H2,1H3. The van der Waals surface area contributed by atoms with Gasteiger partial charge in [0.2, 0.25) is 0 Å². The lowest BCUT2D eigenvalue weighted by Crippen LogP contribution is -2.56. The van der Waals surface area contributed by atoms with Gasteiger partial charge in [-0.15, -0.1) is 0 Å². The Morgan fingerprint density at radius 3 is 2.50 bits per heavy atom. The smallest absolute Gasteiger partial charge is 0.162 e. The molecule has 108 valence electrons. The fourth-order valence-electron chi connectivity index (χ4n) is 2.13. The summed E-state index contributed by atoms with van der Waals surface area (Å²) >= 11 is 3.08. The predicted molar refractivity (Wildman–Crippen MR) is 72.3 cm³/mol. The molecule has 1 aromatic carbocycles. The Morgan fingerprint density at radius 2 is 1.95 bits per heavy atom. The van der Waals surface area contributed by atoms with Crippen LogP contribution in [-0.4, -0.2) is 13.2 Å². The van der Waals surface area contributed by atoms with Gasteiger partial charge in [-0.05, 0) is 12.1 Å². The van der Waals surface area contributed by atoms with Crippen molar-refractivity contribution in [1.82, 2.24) is 0 Å². The van der Waals surface area contributed by atoms with E-state index in [-0.39, 0.29) is 11.3 Å². The first-order valence-electron chi connectivity index (χ1n) is 5.63. The van der Waals surface area contributed by atoms with E-state index in [1.807, 2.05) is 0 Å². The third-order valence-corrected chi connectivity index (χ3v) is 3.74. The lowest BCUT2D eigenvalue weighted by molar-refractivity contribution is 0.209. The number of halogens is 4. The average molecular weight is 349 g/mol. The van der Waals surface area contributed by atoms with Gasteiger partial charge in [0.15, 0.2) is 11.7 Å². The second-order valence-corrected chi connectivity index (χ2v) is 5.30. The Bertz CT molecular complexity index is 618. The minimum atomic E-state index is -2.16. The fourth-order valence-corrected chi connectivity index (χ4v) is 2.47. The lowest BCUT2D eigenvalue weighted by Gasteiger charge is -2.37. The number of hydrogen-bond acceptors (Lipinski definition) is 3. The van der Waals surface area contributed by atoms with Crippen molar-refractivity contribution < 1.29 is 17.9 Å². The van der Waals surface area contributed by atoms with Crippen LogP contribution < -0.4 is 11.5 Å². The van der Waals surface area contributed by atoms with Crippen LogP contribution >= 0.6 is 15.9 Å². The summed E-state index contributed by atoms with van der Waals surface area (Å²) in [5, 5.41) is 0. The van der Waals surface area contributed by atoms with E-state index >= 15 is 0 Å². The molecule has 2 unspecified atom stereocenters. The Balaban J connectivity index is 2.66. The summed E-state index contributed by atoms with van der Waals surface area (Å²) in [6.07, 6.45) is 0.807. The van der Waals surface area contributed by atoms with E-state index < -0.39 is 29.1 Å². The summed E-state index contributed by atoms with van der Waals surface area (Å²) in [5.74, 6) is -3.41. The zero-order valence-corrected chi connectivity index (χ0v) is 12.0. The van der Waals surface area contributed by atoms with Crippen molar-refractivity contribution in [1.29, 1.82) is 0 Å². The van der Waals surface area contributed by atoms with Crippen LogP contribution in [0.4, 0.5) is 13.2 Å². The minimum absolute atomic E-state index is 0.0614. The summed E-state index contributed by atoms with van der Waals surface area (Å²) in [6.45, 7) is 0. The van der Waals surface area contributed by atoms with Crippen molar-refractivity contribution in [3.63, 3.8) is 0 Å². The molecule has 0 spiro atoms. The molecular formula is C13H12BrF3N2O. The summed E-state index contributed by atoms with van der Waals surface area (Å²) in [5.41, 5.74) is 9.32. The third-order valence-electron chi connectivity index (χ3n) is 3.25. The van der Waals surface area contributed by atoms with Crippen molar-refractivity contribution in [3.8, 4) is 0 Å². The Kier molecular flexibility index (Phi) is 3.95. The van der Waals surface area contributed by atoms with Crippen LogP contribution in [0, 0.1) is 5.82 Å². The summed E-state index contributed by atoms with van der Waals surface area (Å²) in [6, 6.07) is 2.58. The maximum absolute atomic E-state index is 14.2. The molecule has 1 aliphatic rings. The summed E-state index contributed by atoms with van der Waals surface area (Å²) in [7, 11) is 1.25. The molecule has 7 heteroatoms. The van der Waals surface area contributed by atoms with Crippen molar-refractivity contribution >= 4 is 15.9 Å². The number of rotatable bonds is 2. The molecule has 0 saturated heterocycles. The monoisotopic (exact) mass is 348 g/mol. The minimum Gasteiger partial charge on any atom is -0.499 e. The highest BCUT2D eigenvalue weighted by Gasteiger charge is 2.47. The van der Waals surface area contributed by atoms with Crippen molar-refractivity contribution in [2.45, 2.75) is 11.6 Å². The van der Waals surface area contributed by atoms with Gasteiger partial charge >= 0.3 is 0 Å². The quantitative estimate of drug-likeness (QED) is 0.863. The zero-order chi connectivity index (χ0) is 15.1. The Hall–Kier alpha value is -1.31. The van der Waals surface area contributed by atoms with Gasteiger partial charge in [0, 0.05) is 16.1 Å². The van der Waals surface area contributed by atoms with Gasteiger partial charge in [0.05, 0.1) is 13.2 Å². The fraction of sp³-hybridized carbons (Fsp3) is 0.231. The van der Waals surface area contributed by atoms with Gasteiger partial charge in [-0.3, -0.25) is 0 Å². The van der Waals surface area contributed by atoms with Gasteiger partial charge in [-0.25, -0.2) is 13.2 Å². The highest BCUT2D eigenvalue weighted by molar-refractivity contribution is 9.10. The number of methoxy groups -OCH3 is 1. The SMILES string of the molecule is COC1=CC(F)=C(F)C(N)(c2ccc(Br)cc2F)C1N. The molecule has 0 saturated carbocycles. The third kappa shape index (κ3) is 2.15. The number of benzene rings is 1. The average Bonchev–Trinajstić information content (AvgIpc) is 2.40. The highest BCUT2D eigenvalue weighted by atomic mass is 79.9. The molecule has 4 N–H and O–H groups in total. The molecule has 0 amide bonds. The maximum Gasteiger partial charge on any atom is 0.162 e. The molecule has 0 bridgehead atoms. The molecule has 2 atom stereocenters. The molecule has 0 radical (unpaired) electrons. The lowest BCUT2D eigenvalue weighted by atomic mass is 9.78. The van der Waals surface area contributed by atoms with Gasteiger partial charge < -0.3 is 16.2 Å². The molecular weight excluding hydrogens is 337 g/mol. The number of nitrogens with two attached hydrogens (primary N) is 2. The van der Waals surface area contributed by atoms with Crippen LogP contribution in [0.3, 0.4) is 0 Å². The molecule has 3 nitrogen and oxygen atoms in total. The molecule has 20 heavy (non-hydrogen) atoms. The van der Waals surface area contributed by atoms with Crippen LogP contribution in [0.5, 0.6) is 0 Å². The molecule has 2 rings (SSSR count). The second-order valence-electron chi connectivity index (χ2n) is 4.38. The van der Waals surface area contributed by atoms with Crippen molar-refractivity contribution in [3.05, 3.63) is 57.5 Å². The van der Waals surface area contributed by atoms with E-state index in [9.17, 15) is 13.2 Å². The van der Waals surface area contributed by atoms with Gasteiger partial charge in [-0.2, -0.15) is 0 Å². The van der Waals surface area contributed by atoms with E-state index in [4.69, 9.17) is 16.2 Å². The maximum atomic E-state index is 14.2. The van der Waals surface area contributed by atoms with Crippen LogP contribution in [0.15, 0.2) is 46.2 Å². The molecule has 0 aromatic heterocycles. The largest absolute Gasteiger partial charge is 0.499 e. The molecule has 1 aromatic rings. The van der Waals surface area contributed by atoms with Crippen LogP contribution in [-0.2, 0) is 10.3 Å². The summed E-state index contributed by atoms with van der Waals surface area (Å²) in [4.78, 5) is 0. The second kappa shape index (κ2) is 5.23. The normalized spacial score (nSPS) is 26.6. The highest BCUT2D eigenvalue weighted by Crippen LogP contribution is 2.41. The van der Waals surface area contributed by atoms with Gasteiger partial charge in [-0.1, -0.05) is 22.0 Å². The first-order valence-corrected chi connectivity index (χ1v) is 6.43. The van der Waals surface area contributed by atoms with Crippen LogP contribution in [0.2, 0.25) is 0 Å². The Labute approximate surface area is 122 Å². The Morgan fingerprint density at radius 1 is 1.30 bits per heavy atom. The van der Waals surface area contributed by atoms with Crippen LogP contribution in [0.1, 0.15) is 5.56 Å². The van der Waals surface area contributed by atoms with E-state index in [0.717, 1.165) is 12.1 Å². The number of hydrogen-bond donors (Lipinski definition) is 2. The predicted octanol–water partition coefficient (Wildman–Crippen LogP) is 2.76. The van der Waals surface area contributed by atoms with Crippen molar-refractivity contribution in [2.75, 3.05) is 7.11 Å². The van der Waals surface area contributed by atoms with E-state index in [1.165, 1.54) is 19.2 Å². The van der Waals surface area contributed by atoms with Gasteiger partial charge in [0.25, 0.3) is 0 Å². The first-order chi connectivity index (χ1) is 9.32. The number of allylic oxidation sites excluding steroid dienone is 2. The van der Waals surface area contributed by atoms with E-state index in [0.29, 0.717) is 4.47 Å². The molecule has 0 heterocycles. The zero-order valence-electron chi connectivity index (χ0n) is 10.5. The summed E-state index contributed by atoms with van der Waals surface area (Å²) < 4.78 is 47.2.